The molecule has 13 N–H and O–H groups in total. The van der Waals surface area contributed by atoms with Crippen molar-refractivity contribution in [2.75, 3.05) is 19.8 Å². The number of nitrogens with one attached hydrogen (secondary N) is 1. The number of ether oxygens (including phenoxy) is 3. The molecule has 3 fully saturated rings. The number of rotatable bonds is 6. The summed E-state index contributed by atoms with van der Waals surface area (Å²) in [6.45, 7) is -1.43. The number of hydrogen-bond acceptors (Lipinski definition) is 16. The Morgan fingerprint density at radius 1 is 0.892 bits per heavy atom. The molecule has 1 amide bonds. The van der Waals surface area contributed by atoms with E-state index in [0.717, 1.165) is 6.92 Å². The number of carbonyl (C=O) groups excluding carboxylic acids is 1. The summed E-state index contributed by atoms with van der Waals surface area (Å²) in [7, 11) is 0. The Labute approximate surface area is 209 Å². The molecule has 17 nitrogen and oxygen atoms in total. The van der Waals surface area contributed by atoms with Gasteiger partial charge in [-0.1, -0.05) is 0 Å². The third-order valence-electron chi connectivity index (χ3n) is 7.32. The van der Waals surface area contributed by atoms with Crippen molar-refractivity contribution in [2.24, 2.45) is 0 Å². The first-order chi connectivity index (χ1) is 17.2. The zero-order chi connectivity index (χ0) is 28.0. The highest BCUT2D eigenvalue weighted by molar-refractivity contribution is 5.73. The molecule has 15 atom stereocenters. The first kappa shape index (κ1) is 30.4. The van der Waals surface area contributed by atoms with Crippen LogP contribution in [0.2, 0.25) is 0 Å². The lowest BCUT2D eigenvalue weighted by molar-refractivity contribution is -0.380. The van der Waals surface area contributed by atoms with Gasteiger partial charge in [-0.2, -0.15) is 0 Å². The van der Waals surface area contributed by atoms with E-state index in [1.54, 1.807) is 0 Å². The van der Waals surface area contributed by atoms with Gasteiger partial charge >= 0.3 is 0 Å². The molecule has 216 valence electrons. The molecule has 37 heavy (non-hydrogen) atoms. The van der Waals surface area contributed by atoms with Gasteiger partial charge in [-0.25, -0.2) is 0 Å². The largest absolute Gasteiger partial charge is 0.394 e. The van der Waals surface area contributed by atoms with E-state index in [0.29, 0.717) is 0 Å². The molecular formula is C20H35NO16. The maximum absolute atomic E-state index is 11.8. The highest BCUT2D eigenvalue weighted by Crippen LogP contribution is 2.43. The molecule has 0 aliphatic carbocycles. The number of amides is 1. The smallest absolute Gasteiger partial charge is 0.217 e. The van der Waals surface area contributed by atoms with Gasteiger partial charge in [-0.3, -0.25) is 4.79 Å². The number of hydrogen-bond donors (Lipinski definition) is 13. The molecule has 0 radical (unpaired) electrons. The second-order valence-corrected chi connectivity index (χ2v) is 9.62. The van der Waals surface area contributed by atoms with E-state index in [1.807, 2.05) is 0 Å². The normalized spacial score (nSPS) is 51.9. The highest BCUT2D eigenvalue weighted by Gasteiger charge is 2.69. The van der Waals surface area contributed by atoms with Crippen molar-refractivity contribution in [3.05, 3.63) is 0 Å². The van der Waals surface area contributed by atoms with Gasteiger partial charge in [0.05, 0.1) is 25.9 Å². The molecule has 3 saturated heterocycles. The summed E-state index contributed by atoms with van der Waals surface area (Å²) in [6, 6.07) is -1.44. The summed E-state index contributed by atoms with van der Waals surface area (Å²) < 4.78 is 15.7. The molecule has 3 aliphatic heterocycles. The van der Waals surface area contributed by atoms with Crippen molar-refractivity contribution in [2.45, 2.75) is 97.6 Å². The maximum Gasteiger partial charge on any atom is 0.217 e. The lowest BCUT2D eigenvalue weighted by Crippen LogP contribution is -2.82. The van der Waals surface area contributed by atoms with Crippen LogP contribution >= 0.6 is 0 Å². The molecule has 1 unspecified atom stereocenters. The van der Waals surface area contributed by atoms with Gasteiger partial charge in [0, 0.05) is 6.92 Å². The Balaban J connectivity index is 2.08. The van der Waals surface area contributed by atoms with Crippen LogP contribution in [0.4, 0.5) is 0 Å². The standard InChI is InChI=1S/C20H35NO16/c1-5(24)21-6-4-35-17(15(31)19(33)14(30)10(26)8(3-23)37-18(19)32)20(34,13(6)29)16-12(28)11(27)9(25)7(2-22)36-16/h6-18,22-23,25-34H,2-4H2,1H3,(H,21,24)/t6-,7-,8-,9+,10+,11+,12-,13-,14+,15?,16-,17-,18+,19+,20-/m1/s1. The SMILES string of the molecule is CC(=O)N[C@@H]1CO[C@H](C(O)[C@]2(O)[C@@H](O)O[C@H](CO)[C@H](O)[C@@H]2O)[C@](O)([C@@H]2O[C@H](CO)[C@H](O)[C@H](O)[C@H]2O)[C@@H]1O. The molecule has 3 aliphatic rings. The predicted octanol–water partition coefficient (Wildman–Crippen LogP) is -8.65. The molecule has 0 saturated carbocycles. The molecule has 0 spiro atoms. The van der Waals surface area contributed by atoms with Crippen molar-refractivity contribution in [3.63, 3.8) is 0 Å². The average molecular weight is 545 g/mol. The van der Waals surface area contributed by atoms with E-state index in [4.69, 9.17) is 14.2 Å². The molecule has 0 aromatic carbocycles. The first-order valence-electron chi connectivity index (χ1n) is 11.5. The second kappa shape index (κ2) is 11.2. The minimum absolute atomic E-state index is 0.646. The predicted molar refractivity (Wildman–Crippen MR) is 113 cm³/mol. The second-order valence-electron chi connectivity index (χ2n) is 9.62. The monoisotopic (exact) mass is 545 g/mol. The number of carbonyl (C=O) groups is 1. The van der Waals surface area contributed by atoms with Gasteiger partial charge in [-0.15, -0.1) is 0 Å². The van der Waals surface area contributed by atoms with Gasteiger partial charge in [0.25, 0.3) is 0 Å². The van der Waals surface area contributed by atoms with Crippen molar-refractivity contribution in [1.29, 1.82) is 0 Å². The van der Waals surface area contributed by atoms with E-state index in [1.165, 1.54) is 0 Å². The van der Waals surface area contributed by atoms with E-state index in [9.17, 15) is 66.1 Å². The van der Waals surface area contributed by atoms with E-state index in [2.05, 4.69) is 5.32 Å². The molecular weight excluding hydrogens is 510 g/mol. The van der Waals surface area contributed by atoms with Crippen molar-refractivity contribution < 1.29 is 80.3 Å². The summed E-state index contributed by atoms with van der Waals surface area (Å²) in [5.74, 6) is -0.703. The van der Waals surface area contributed by atoms with Crippen LogP contribution in [0.1, 0.15) is 6.92 Å². The van der Waals surface area contributed by atoms with E-state index in [-0.39, 0.29) is 0 Å². The minimum Gasteiger partial charge on any atom is -0.394 e. The van der Waals surface area contributed by atoms with Crippen molar-refractivity contribution in [3.8, 4) is 0 Å². The fourth-order valence-electron chi connectivity index (χ4n) is 5.15. The lowest BCUT2D eigenvalue weighted by atomic mass is 9.68. The van der Waals surface area contributed by atoms with E-state index < -0.39 is 116 Å². The van der Waals surface area contributed by atoms with Gasteiger partial charge < -0.3 is 80.8 Å². The summed E-state index contributed by atoms with van der Waals surface area (Å²) in [4.78, 5) is 11.6. The first-order valence-corrected chi connectivity index (χ1v) is 11.5. The van der Waals surface area contributed by atoms with Crippen LogP contribution in [0.3, 0.4) is 0 Å². The highest BCUT2D eigenvalue weighted by atomic mass is 16.6. The Bertz CT molecular complexity index is 804. The Kier molecular flexibility index (Phi) is 9.17. The Morgan fingerprint density at radius 2 is 1.46 bits per heavy atom. The Morgan fingerprint density at radius 3 is 2.00 bits per heavy atom. The topological polar surface area (TPSA) is 300 Å². The van der Waals surface area contributed by atoms with Gasteiger partial charge in [0.2, 0.25) is 5.91 Å². The average Bonchev–Trinajstić information content (AvgIpc) is 2.85. The zero-order valence-corrected chi connectivity index (χ0v) is 19.6. The summed E-state index contributed by atoms with van der Waals surface area (Å²) in [5, 5.41) is 128. The van der Waals surface area contributed by atoms with Crippen LogP contribution in [0.15, 0.2) is 0 Å². The molecule has 0 aromatic rings. The lowest BCUT2D eigenvalue weighted by Gasteiger charge is -2.57. The van der Waals surface area contributed by atoms with Crippen LogP contribution in [0, 0.1) is 0 Å². The third-order valence-corrected chi connectivity index (χ3v) is 7.32. The zero-order valence-electron chi connectivity index (χ0n) is 19.6. The fraction of sp³-hybridized carbons (Fsp3) is 0.950. The van der Waals surface area contributed by atoms with Crippen LogP contribution < -0.4 is 5.32 Å². The molecule has 0 aromatic heterocycles. The summed E-state index contributed by atoms with van der Waals surface area (Å²) >= 11 is 0. The van der Waals surface area contributed by atoms with Gasteiger partial charge in [-0.05, 0) is 0 Å². The molecule has 3 heterocycles. The van der Waals surface area contributed by atoms with Crippen molar-refractivity contribution in [1.82, 2.24) is 5.32 Å². The number of aliphatic hydroxyl groups is 12. The van der Waals surface area contributed by atoms with E-state index >= 15 is 0 Å². The summed E-state index contributed by atoms with van der Waals surface area (Å²) in [5.41, 5.74) is -6.36. The minimum atomic E-state index is -3.25. The Hall–Kier alpha value is -1.13. The molecule has 0 bridgehead atoms. The maximum atomic E-state index is 11.8. The van der Waals surface area contributed by atoms with Crippen LogP contribution in [0.5, 0.6) is 0 Å². The fourth-order valence-corrected chi connectivity index (χ4v) is 5.15. The summed E-state index contributed by atoms with van der Waals surface area (Å²) in [6.07, 6.45) is -25.8. The number of aliphatic hydroxyl groups excluding tert-OH is 10. The van der Waals surface area contributed by atoms with Crippen molar-refractivity contribution >= 4 is 5.91 Å². The van der Waals surface area contributed by atoms with Gasteiger partial charge in [0.15, 0.2) is 11.9 Å². The van der Waals surface area contributed by atoms with Crippen LogP contribution in [-0.4, -0.2) is 178 Å². The van der Waals surface area contributed by atoms with Crippen LogP contribution in [-0.2, 0) is 19.0 Å². The molecule has 3 rings (SSSR count). The molecule has 17 heteroatoms. The van der Waals surface area contributed by atoms with Crippen LogP contribution in [0.25, 0.3) is 0 Å². The quantitative estimate of drug-likeness (QED) is 0.147. The third kappa shape index (κ3) is 4.88. The van der Waals surface area contributed by atoms with Gasteiger partial charge in [0.1, 0.15) is 72.7 Å².